The Balaban J connectivity index is 1.51. The number of sulfonamides is 1. The number of amides is 1. The monoisotopic (exact) mass is 533 g/mol. The van der Waals surface area contributed by atoms with E-state index in [0.29, 0.717) is 10.7 Å². The van der Waals surface area contributed by atoms with Crippen molar-refractivity contribution < 1.29 is 17.9 Å². The van der Waals surface area contributed by atoms with Gasteiger partial charge in [-0.2, -0.15) is 0 Å². The molecule has 1 aromatic heterocycles. The second-order valence-corrected chi connectivity index (χ2v) is 10.8. The van der Waals surface area contributed by atoms with Gasteiger partial charge >= 0.3 is 0 Å². The van der Waals surface area contributed by atoms with E-state index < -0.39 is 22.5 Å². The number of ether oxygens (including phenoxy) is 1. The second-order valence-electron chi connectivity index (χ2n) is 8.50. The highest BCUT2D eigenvalue weighted by atomic mass is 35.5. The van der Waals surface area contributed by atoms with Crippen LogP contribution in [0, 0.1) is 0 Å². The van der Waals surface area contributed by atoms with Crippen molar-refractivity contribution in [3.8, 4) is 5.75 Å². The van der Waals surface area contributed by atoms with Gasteiger partial charge < -0.3 is 14.6 Å². The van der Waals surface area contributed by atoms with Crippen LogP contribution in [0.3, 0.4) is 0 Å². The molecule has 1 amide bonds. The molecule has 188 valence electrons. The lowest BCUT2D eigenvalue weighted by atomic mass is 10.1. The summed E-state index contributed by atoms with van der Waals surface area (Å²) in [5.74, 6) is -0.241. The number of aromatic nitrogens is 1. The number of nitrogens with zero attached hydrogens (tertiary/aromatic N) is 2. The number of anilines is 2. The lowest BCUT2D eigenvalue weighted by Gasteiger charge is -2.26. The van der Waals surface area contributed by atoms with Gasteiger partial charge in [-0.25, -0.2) is 8.42 Å². The van der Waals surface area contributed by atoms with E-state index in [1.807, 2.05) is 43.4 Å². The van der Waals surface area contributed by atoms with Crippen LogP contribution in [0.4, 0.5) is 11.4 Å². The summed E-state index contributed by atoms with van der Waals surface area (Å²) in [4.78, 5) is 13.3. The van der Waals surface area contributed by atoms with Crippen LogP contribution < -0.4 is 14.4 Å². The number of rotatable bonds is 7. The van der Waals surface area contributed by atoms with E-state index in [1.165, 1.54) is 25.3 Å². The molecule has 0 spiro atoms. The van der Waals surface area contributed by atoms with Crippen molar-refractivity contribution in [1.29, 1.82) is 0 Å². The Morgan fingerprint density at radius 2 is 1.62 bits per heavy atom. The van der Waals surface area contributed by atoms with Crippen molar-refractivity contribution in [2.45, 2.75) is 4.90 Å². The fourth-order valence-electron chi connectivity index (χ4n) is 4.45. The number of aryl methyl sites for hydroxylation is 1. The zero-order valence-corrected chi connectivity index (χ0v) is 21.8. The number of hydrogen-bond donors (Lipinski definition) is 1. The number of methoxy groups -OCH3 is 1. The van der Waals surface area contributed by atoms with Gasteiger partial charge in [-0.3, -0.25) is 9.10 Å². The van der Waals surface area contributed by atoms with Crippen LogP contribution in [0.25, 0.3) is 21.8 Å². The molecule has 1 N–H and O–H groups in total. The SMILES string of the molecule is COc1ccc(Cl)cc1N(CC(=O)Nc1ccc2c(c1)c1ccccc1n2C)S(=O)(=O)c1ccccc1. The minimum absolute atomic E-state index is 0.0435. The van der Waals surface area contributed by atoms with Gasteiger partial charge in [0.15, 0.2) is 0 Å². The van der Waals surface area contributed by atoms with Crippen LogP contribution in [-0.4, -0.2) is 32.5 Å². The van der Waals surface area contributed by atoms with Crippen molar-refractivity contribution in [1.82, 2.24) is 4.57 Å². The zero-order chi connectivity index (χ0) is 26.2. The fraction of sp³-hybridized carbons (Fsp3) is 0.107. The predicted octanol–water partition coefficient (Wildman–Crippen LogP) is 5.83. The molecule has 0 unspecified atom stereocenters. The number of hydrogen-bond acceptors (Lipinski definition) is 4. The first-order chi connectivity index (χ1) is 17.8. The first-order valence-corrected chi connectivity index (χ1v) is 13.3. The molecule has 0 saturated heterocycles. The van der Waals surface area contributed by atoms with Crippen molar-refractivity contribution >= 4 is 60.7 Å². The number of carbonyl (C=O) groups excluding carboxylic acids is 1. The van der Waals surface area contributed by atoms with Crippen molar-refractivity contribution in [3.63, 3.8) is 0 Å². The summed E-state index contributed by atoms with van der Waals surface area (Å²) in [6.07, 6.45) is 0. The summed E-state index contributed by atoms with van der Waals surface area (Å²) >= 11 is 6.21. The van der Waals surface area contributed by atoms with Crippen LogP contribution in [0.5, 0.6) is 5.75 Å². The van der Waals surface area contributed by atoms with E-state index in [9.17, 15) is 13.2 Å². The lowest BCUT2D eigenvalue weighted by Crippen LogP contribution is -2.38. The molecule has 0 aliphatic heterocycles. The number of nitrogens with one attached hydrogen (secondary N) is 1. The van der Waals surface area contributed by atoms with Gasteiger partial charge in [0.05, 0.1) is 17.7 Å². The third-order valence-electron chi connectivity index (χ3n) is 6.23. The van der Waals surface area contributed by atoms with E-state index in [0.717, 1.165) is 26.1 Å². The highest BCUT2D eigenvalue weighted by molar-refractivity contribution is 7.92. The normalized spacial score (nSPS) is 11.5. The van der Waals surface area contributed by atoms with Gasteiger partial charge in [0.2, 0.25) is 5.91 Å². The van der Waals surface area contributed by atoms with Gasteiger partial charge in [0.1, 0.15) is 12.3 Å². The molecule has 0 saturated carbocycles. The molecule has 0 bridgehead atoms. The average molecular weight is 534 g/mol. The van der Waals surface area contributed by atoms with Crippen molar-refractivity contribution in [3.05, 3.63) is 96.0 Å². The number of benzene rings is 4. The maximum atomic E-state index is 13.7. The molecular formula is C28H24ClN3O4S. The van der Waals surface area contributed by atoms with Gasteiger partial charge in [0, 0.05) is 39.6 Å². The Morgan fingerprint density at radius 1 is 0.919 bits per heavy atom. The molecule has 0 atom stereocenters. The molecule has 7 nitrogen and oxygen atoms in total. The molecule has 37 heavy (non-hydrogen) atoms. The molecule has 9 heteroatoms. The highest BCUT2D eigenvalue weighted by Crippen LogP contribution is 2.35. The van der Waals surface area contributed by atoms with Crippen molar-refractivity contribution in [2.75, 3.05) is 23.3 Å². The number of halogens is 1. The Kier molecular flexibility index (Phi) is 6.54. The summed E-state index contributed by atoms with van der Waals surface area (Å²) in [6.45, 7) is -0.485. The zero-order valence-electron chi connectivity index (χ0n) is 20.2. The summed E-state index contributed by atoms with van der Waals surface area (Å²) in [5.41, 5.74) is 2.83. The van der Waals surface area contributed by atoms with Crippen LogP contribution in [0.1, 0.15) is 0 Å². The summed E-state index contributed by atoms with van der Waals surface area (Å²) in [7, 11) is -0.697. The van der Waals surface area contributed by atoms with Crippen molar-refractivity contribution in [2.24, 2.45) is 7.05 Å². The molecule has 0 radical (unpaired) electrons. The highest BCUT2D eigenvalue weighted by Gasteiger charge is 2.29. The van der Waals surface area contributed by atoms with E-state index >= 15 is 0 Å². The van der Waals surface area contributed by atoms with E-state index in [4.69, 9.17) is 16.3 Å². The minimum atomic E-state index is -4.12. The lowest BCUT2D eigenvalue weighted by molar-refractivity contribution is -0.114. The van der Waals surface area contributed by atoms with Gasteiger partial charge in [-0.1, -0.05) is 48.0 Å². The number of fused-ring (bicyclic) bond motifs is 3. The van der Waals surface area contributed by atoms with Crippen LogP contribution in [-0.2, 0) is 21.9 Å². The Bertz CT molecular complexity index is 1730. The number of carbonyl (C=O) groups is 1. The van der Waals surface area contributed by atoms with Crippen LogP contribution >= 0.6 is 11.6 Å². The second kappa shape index (κ2) is 9.80. The average Bonchev–Trinajstić information content (AvgIpc) is 3.19. The molecule has 1 heterocycles. The molecule has 0 fully saturated rings. The molecule has 0 aliphatic carbocycles. The Hall–Kier alpha value is -4.01. The Morgan fingerprint density at radius 3 is 2.38 bits per heavy atom. The predicted molar refractivity (Wildman–Crippen MR) is 148 cm³/mol. The van der Waals surface area contributed by atoms with Gasteiger partial charge in [0.25, 0.3) is 10.0 Å². The molecule has 5 aromatic rings. The third-order valence-corrected chi connectivity index (χ3v) is 8.23. The van der Waals surface area contributed by atoms with E-state index in [1.54, 1.807) is 36.4 Å². The molecule has 5 rings (SSSR count). The summed E-state index contributed by atoms with van der Waals surface area (Å²) in [5, 5.41) is 5.22. The minimum Gasteiger partial charge on any atom is -0.495 e. The Labute approximate surface area is 219 Å². The first kappa shape index (κ1) is 24.7. The smallest absolute Gasteiger partial charge is 0.264 e. The maximum absolute atomic E-state index is 13.7. The first-order valence-electron chi connectivity index (χ1n) is 11.5. The standard InChI is InChI=1S/C28H24ClN3O4S/c1-31-24-11-7-6-10-22(24)23-17-20(13-14-25(23)31)30-28(33)18-32(26-16-19(29)12-15-27(26)36-2)37(34,35)21-8-4-3-5-9-21/h3-17H,18H2,1-2H3,(H,30,33). The van der Waals surface area contributed by atoms with Crippen LogP contribution in [0.15, 0.2) is 95.9 Å². The quantitative estimate of drug-likeness (QED) is 0.285. The molecule has 4 aromatic carbocycles. The van der Waals surface area contributed by atoms with Crippen LogP contribution in [0.2, 0.25) is 5.02 Å². The summed E-state index contributed by atoms with van der Waals surface area (Å²) < 4.78 is 35.8. The largest absolute Gasteiger partial charge is 0.495 e. The maximum Gasteiger partial charge on any atom is 0.264 e. The number of para-hydroxylation sites is 1. The van der Waals surface area contributed by atoms with Gasteiger partial charge in [-0.15, -0.1) is 0 Å². The van der Waals surface area contributed by atoms with E-state index in [2.05, 4.69) is 9.88 Å². The van der Waals surface area contributed by atoms with Gasteiger partial charge in [-0.05, 0) is 54.6 Å². The third kappa shape index (κ3) is 4.61. The fourth-order valence-corrected chi connectivity index (χ4v) is 6.06. The molecular weight excluding hydrogens is 510 g/mol. The van der Waals surface area contributed by atoms with E-state index in [-0.39, 0.29) is 16.3 Å². The topological polar surface area (TPSA) is 80.6 Å². The molecule has 0 aliphatic rings. The summed E-state index contributed by atoms with van der Waals surface area (Å²) in [6, 6.07) is 26.2.